The number of aromatic nitrogens is 2. The molecule has 1 N–H and O–H groups in total. The smallest absolute Gasteiger partial charge is 0.150 e. The van der Waals surface area contributed by atoms with Gasteiger partial charge in [0, 0.05) is 31.4 Å². The Labute approximate surface area is 82.0 Å². The van der Waals surface area contributed by atoms with E-state index in [1.807, 2.05) is 0 Å². The summed E-state index contributed by atoms with van der Waals surface area (Å²) in [5.74, 6) is 0.469. The van der Waals surface area contributed by atoms with Crippen molar-refractivity contribution in [2.45, 2.75) is 5.92 Å². The first kappa shape index (κ1) is 9.71. The van der Waals surface area contributed by atoms with E-state index in [1.165, 1.54) is 0 Å². The van der Waals surface area contributed by atoms with E-state index in [0.717, 1.165) is 18.8 Å². The second kappa shape index (κ2) is 4.03. The van der Waals surface area contributed by atoms with Crippen LogP contribution in [-0.4, -0.2) is 23.1 Å². The van der Waals surface area contributed by atoms with Crippen LogP contribution in [0.5, 0.6) is 0 Å². The van der Waals surface area contributed by atoms with Crippen molar-refractivity contribution in [3.05, 3.63) is 23.2 Å². The zero-order valence-corrected chi connectivity index (χ0v) is 7.90. The lowest BCUT2D eigenvalue weighted by atomic mass is 10.00. The summed E-state index contributed by atoms with van der Waals surface area (Å²) in [5, 5.41) is 3.70. The molecule has 2 heterocycles. The topological polar surface area (TPSA) is 37.8 Å². The van der Waals surface area contributed by atoms with Crippen LogP contribution in [0.4, 0.5) is 0 Å². The van der Waals surface area contributed by atoms with Crippen LogP contribution in [0.15, 0.2) is 12.4 Å². The van der Waals surface area contributed by atoms with E-state index in [4.69, 9.17) is 11.6 Å². The summed E-state index contributed by atoms with van der Waals surface area (Å²) in [7, 11) is 0. The van der Waals surface area contributed by atoms with E-state index < -0.39 is 0 Å². The molecule has 3 nitrogen and oxygen atoms in total. The summed E-state index contributed by atoms with van der Waals surface area (Å²) in [5.41, 5.74) is 0.924. The van der Waals surface area contributed by atoms with E-state index in [9.17, 15) is 0 Å². The summed E-state index contributed by atoms with van der Waals surface area (Å²) < 4.78 is 0. The molecule has 0 aliphatic carbocycles. The fourth-order valence-electron chi connectivity index (χ4n) is 1.09. The van der Waals surface area contributed by atoms with Gasteiger partial charge in [-0.05, 0) is 0 Å². The summed E-state index contributed by atoms with van der Waals surface area (Å²) in [4.78, 5) is 8.12. The Morgan fingerprint density at radius 3 is 2.50 bits per heavy atom. The largest absolute Gasteiger partial charge is 0.315 e. The van der Waals surface area contributed by atoms with Crippen LogP contribution in [-0.2, 0) is 0 Å². The van der Waals surface area contributed by atoms with Gasteiger partial charge in [0.25, 0.3) is 0 Å². The Kier molecular flexibility index (Phi) is 3.26. The van der Waals surface area contributed by atoms with E-state index in [1.54, 1.807) is 12.4 Å². The van der Waals surface area contributed by atoms with Crippen molar-refractivity contribution >= 4 is 24.0 Å². The van der Waals surface area contributed by atoms with E-state index in [0.29, 0.717) is 11.1 Å². The molecule has 1 aromatic rings. The van der Waals surface area contributed by atoms with Gasteiger partial charge in [0.2, 0.25) is 0 Å². The molecule has 66 valence electrons. The highest BCUT2D eigenvalue weighted by Crippen LogP contribution is 2.22. The summed E-state index contributed by atoms with van der Waals surface area (Å²) in [6.45, 7) is 1.94. The van der Waals surface area contributed by atoms with Crippen molar-refractivity contribution < 1.29 is 0 Å². The molecule has 0 aromatic carbocycles. The molecule has 1 saturated heterocycles. The molecule has 5 heteroatoms. The van der Waals surface area contributed by atoms with Gasteiger partial charge in [0.15, 0.2) is 5.15 Å². The molecule has 1 aromatic heterocycles. The predicted molar refractivity (Wildman–Crippen MR) is 49.9 cm³/mol. The zero-order chi connectivity index (χ0) is 7.68. The number of nitrogens with one attached hydrogen (secondary N) is 1. The summed E-state index contributed by atoms with van der Waals surface area (Å²) >= 11 is 5.83. The molecule has 1 aliphatic rings. The number of nitrogens with zero attached hydrogens (tertiary/aromatic N) is 2. The highest BCUT2D eigenvalue weighted by Gasteiger charge is 2.22. The number of hydrogen-bond donors (Lipinski definition) is 1. The van der Waals surface area contributed by atoms with Crippen LogP contribution in [0.3, 0.4) is 0 Å². The minimum atomic E-state index is 0. The van der Waals surface area contributed by atoms with Gasteiger partial charge in [0.1, 0.15) is 0 Å². The second-order valence-corrected chi connectivity index (χ2v) is 2.95. The van der Waals surface area contributed by atoms with Gasteiger partial charge >= 0.3 is 0 Å². The van der Waals surface area contributed by atoms with Gasteiger partial charge in [-0.3, -0.25) is 4.98 Å². The Hall–Kier alpha value is -0.380. The normalized spacial score (nSPS) is 16.4. The van der Waals surface area contributed by atoms with Crippen LogP contribution in [0, 0.1) is 0 Å². The molecule has 0 unspecified atom stereocenters. The van der Waals surface area contributed by atoms with Crippen LogP contribution < -0.4 is 5.32 Å². The van der Waals surface area contributed by atoms with Gasteiger partial charge < -0.3 is 5.32 Å². The average Bonchev–Trinajstić information content (AvgIpc) is 1.90. The SMILES string of the molecule is Cl.Clc1nccnc1C1CNC1. The number of halogens is 2. The van der Waals surface area contributed by atoms with E-state index in [2.05, 4.69) is 15.3 Å². The fraction of sp³-hybridized carbons (Fsp3) is 0.429. The molecular weight excluding hydrogens is 197 g/mol. The minimum Gasteiger partial charge on any atom is -0.315 e. The highest BCUT2D eigenvalue weighted by atomic mass is 35.5. The molecule has 0 spiro atoms. The maximum Gasteiger partial charge on any atom is 0.150 e. The summed E-state index contributed by atoms with van der Waals surface area (Å²) in [6, 6.07) is 0. The van der Waals surface area contributed by atoms with Crippen LogP contribution >= 0.6 is 24.0 Å². The maximum atomic E-state index is 5.83. The summed E-state index contributed by atoms with van der Waals surface area (Å²) in [6.07, 6.45) is 3.29. The van der Waals surface area contributed by atoms with E-state index in [-0.39, 0.29) is 12.4 Å². The monoisotopic (exact) mass is 205 g/mol. The number of hydrogen-bond acceptors (Lipinski definition) is 3. The number of rotatable bonds is 1. The first-order chi connectivity index (χ1) is 5.38. The highest BCUT2D eigenvalue weighted by molar-refractivity contribution is 6.30. The molecule has 0 radical (unpaired) electrons. The lowest BCUT2D eigenvalue weighted by Crippen LogP contribution is -2.40. The molecule has 1 fully saturated rings. The van der Waals surface area contributed by atoms with Crippen LogP contribution in [0.2, 0.25) is 5.15 Å². The van der Waals surface area contributed by atoms with Crippen molar-refractivity contribution in [3.8, 4) is 0 Å². The maximum absolute atomic E-state index is 5.83. The molecule has 2 rings (SSSR count). The van der Waals surface area contributed by atoms with Crippen LogP contribution in [0.25, 0.3) is 0 Å². The Balaban J connectivity index is 0.000000720. The first-order valence-electron chi connectivity index (χ1n) is 3.55. The van der Waals surface area contributed by atoms with Gasteiger partial charge in [-0.1, -0.05) is 11.6 Å². The standard InChI is InChI=1S/C7H8ClN3.ClH/c8-7-6(5-3-9-4-5)10-1-2-11-7;/h1-2,5,9H,3-4H2;1H. The molecule has 0 bridgehead atoms. The minimum absolute atomic E-state index is 0. The molecule has 1 aliphatic heterocycles. The van der Waals surface area contributed by atoms with Gasteiger partial charge in [-0.2, -0.15) is 0 Å². The van der Waals surface area contributed by atoms with Crippen molar-refractivity contribution in [1.82, 2.24) is 15.3 Å². The van der Waals surface area contributed by atoms with Crippen LogP contribution in [0.1, 0.15) is 11.6 Å². The Bertz CT molecular complexity index is 263. The first-order valence-corrected chi connectivity index (χ1v) is 3.93. The lowest BCUT2D eigenvalue weighted by Gasteiger charge is -2.26. The van der Waals surface area contributed by atoms with Crippen molar-refractivity contribution in [3.63, 3.8) is 0 Å². The Morgan fingerprint density at radius 1 is 1.33 bits per heavy atom. The van der Waals surface area contributed by atoms with Gasteiger partial charge in [-0.15, -0.1) is 12.4 Å². The predicted octanol–water partition coefficient (Wildman–Crippen LogP) is 1.24. The van der Waals surface area contributed by atoms with Crippen molar-refractivity contribution in [2.24, 2.45) is 0 Å². The molecular formula is C7H9Cl2N3. The van der Waals surface area contributed by atoms with Gasteiger partial charge in [-0.25, -0.2) is 4.98 Å². The molecule has 0 atom stereocenters. The molecule has 0 amide bonds. The van der Waals surface area contributed by atoms with E-state index >= 15 is 0 Å². The Morgan fingerprint density at radius 2 is 2.00 bits per heavy atom. The second-order valence-electron chi connectivity index (χ2n) is 2.59. The molecule has 12 heavy (non-hydrogen) atoms. The van der Waals surface area contributed by atoms with Crippen molar-refractivity contribution in [1.29, 1.82) is 0 Å². The third kappa shape index (κ3) is 1.68. The average molecular weight is 206 g/mol. The quantitative estimate of drug-likeness (QED) is 0.751. The molecule has 0 saturated carbocycles. The lowest BCUT2D eigenvalue weighted by molar-refractivity contribution is 0.439. The fourth-order valence-corrected chi connectivity index (χ4v) is 1.35. The third-order valence-electron chi connectivity index (χ3n) is 1.85. The van der Waals surface area contributed by atoms with Gasteiger partial charge in [0.05, 0.1) is 5.69 Å². The third-order valence-corrected chi connectivity index (χ3v) is 2.14. The van der Waals surface area contributed by atoms with Crippen molar-refractivity contribution in [2.75, 3.05) is 13.1 Å². The zero-order valence-electron chi connectivity index (χ0n) is 6.33.